The van der Waals surface area contributed by atoms with Crippen LogP contribution >= 0.6 is 0 Å². The van der Waals surface area contributed by atoms with Gasteiger partial charge in [-0.15, -0.1) is 0 Å². The van der Waals surface area contributed by atoms with Crippen molar-refractivity contribution in [2.24, 2.45) is 0 Å². The van der Waals surface area contributed by atoms with E-state index in [0.29, 0.717) is 19.2 Å². The molecule has 0 aromatic heterocycles. The highest BCUT2D eigenvalue weighted by Crippen LogP contribution is 2.22. The lowest BCUT2D eigenvalue weighted by molar-refractivity contribution is -0.163. The van der Waals surface area contributed by atoms with E-state index in [0.717, 1.165) is 32.3 Å². The quantitative estimate of drug-likeness (QED) is 0.634. The van der Waals surface area contributed by atoms with E-state index in [4.69, 9.17) is 14.2 Å². The van der Waals surface area contributed by atoms with Crippen molar-refractivity contribution >= 4 is 11.9 Å². The van der Waals surface area contributed by atoms with Gasteiger partial charge in [0.2, 0.25) is 0 Å². The van der Waals surface area contributed by atoms with Gasteiger partial charge in [0.1, 0.15) is 0 Å². The molecule has 0 aromatic rings. The molecule has 2 atom stereocenters. The zero-order chi connectivity index (χ0) is 17.4. The predicted molar refractivity (Wildman–Crippen MR) is 89.6 cm³/mol. The minimum Gasteiger partial charge on any atom is -0.454 e. The topological polar surface area (TPSA) is 65.1 Å². The molecule has 138 valence electrons. The predicted octanol–water partition coefficient (Wildman–Crippen LogP) is 2.29. The normalized spacial score (nSPS) is 23.0. The van der Waals surface area contributed by atoms with Crippen molar-refractivity contribution in [2.75, 3.05) is 26.4 Å². The summed E-state index contributed by atoms with van der Waals surface area (Å²) >= 11 is 0. The Balaban J connectivity index is 1.69. The molecule has 24 heavy (non-hydrogen) atoms. The van der Waals surface area contributed by atoms with Gasteiger partial charge in [-0.3, -0.25) is 4.79 Å². The fraction of sp³-hybridized carbons (Fsp3) is 0.889. The van der Waals surface area contributed by atoms with Gasteiger partial charge in [0.15, 0.2) is 12.7 Å². The van der Waals surface area contributed by atoms with Gasteiger partial charge in [0, 0.05) is 19.2 Å². The minimum absolute atomic E-state index is 0.0729. The van der Waals surface area contributed by atoms with Gasteiger partial charge in [0.05, 0.1) is 12.7 Å². The van der Waals surface area contributed by atoms with E-state index in [9.17, 15) is 9.59 Å². The van der Waals surface area contributed by atoms with E-state index in [-0.39, 0.29) is 18.6 Å². The lowest BCUT2D eigenvalue weighted by Crippen LogP contribution is -2.43. The molecule has 0 bridgehead atoms. The Kier molecular flexibility index (Phi) is 7.99. The van der Waals surface area contributed by atoms with Crippen LogP contribution in [0.25, 0.3) is 0 Å². The van der Waals surface area contributed by atoms with Crippen LogP contribution in [-0.2, 0) is 23.8 Å². The van der Waals surface area contributed by atoms with E-state index in [2.05, 4.69) is 0 Å². The summed E-state index contributed by atoms with van der Waals surface area (Å²) in [5, 5.41) is 0. The van der Waals surface area contributed by atoms with Crippen LogP contribution in [0.1, 0.15) is 58.8 Å². The molecular formula is C18H31NO5. The van der Waals surface area contributed by atoms with Crippen LogP contribution in [0.15, 0.2) is 0 Å². The molecule has 0 aromatic carbocycles. The van der Waals surface area contributed by atoms with Crippen molar-refractivity contribution in [1.29, 1.82) is 0 Å². The second-order valence-corrected chi connectivity index (χ2v) is 6.69. The molecule has 0 spiro atoms. The average Bonchev–Trinajstić information content (AvgIpc) is 3.12. The van der Waals surface area contributed by atoms with Crippen molar-refractivity contribution < 1.29 is 23.8 Å². The molecule has 2 unspecified atom stereocenters. The third-order valence-corrected chi connectivity index (χ3v) is 4.90. The maximum absolute atomic E-state index is 12.4. The minimum atomic E-state index is -0.674. The number of rotatable bonds is 8. The molecular weight excluding hydrogens is 310 g/mol. The second-order valence-electron chi connectivity index (χ2n) is 6.69. The van der Waals surface area contributed by atoms with Crippen molar-refractivity contribution in [3.8, 4) is 0 Å². The van der Waals surface area contributed by atoms with Crippen LogP contribution < -0.4 is 0 Å². The van der Waals surface area contributed by atoms with E-state index < -0.39 is 12.1 Å². The smallest absolute Gasteiger partial charge is 0.335 e. The summed E-state index contributed by atoms with van der Waals surface area (Å²) in [5.41, 5.74) is 0. The number of ether oxygens (including phenoxy) is 3. The van der Waals surface area contributed by atoms with E-state index in [1.54, 1.807) is 6.92 Å². The van der Waals surface area contributed by atoms with Gasteiger partial charge < -0.3 is 19.1 Å². The Morgan fingerprint density at radius 3 is 2.54 bits per heavy atom. The lowest BCUT2D eigenvalue weighted by atomic mass is 9.94. The van der Waals surface area contributed by atoms with Crippen LogP contribution in [0.2, 0.25) is 0 Å². The SMILES string of the molecule is CCN(C(=O)COC(=O)C(C)OCC1CCCO1)C1CCCCC1. The molecule has 0 N–H and O–H groups in total. The molecule has 1 saturated carbocycles. The third kappa shape index (κ3) is 5.74. The number of esters is 1. The van der Waals surface area contributed by atoms with Crippen molar-refractivity contribution in [1.82, 2.24) is 4.90 Å². The molecule has 6 nitrogen and oxygen atoms in total. The lowest BCUT2D eigenvalue weighted by Gasteiger charge is -2.33. The zero-order valence-electron chi connectivity index (χ0n) is 15.0. The summed E-state index contributed by atoms with van der Waals surface area (Å²) < 4.78 is 16.1. The van der Waals surface area contributed by atoms with Crippen LogP contribution in [0.4, 0.5) is 0 Å². The van der Waals surface area contributed by atoms with Gasteiger partial charge >= 0.3 is 5.97 Å². The van der Waals surface area contributed by atoms with Gasteiger partial charge in [-0.2, -0.15) is 0 Å². The second kappa shape index (κ2) is 9.99. The van der Waals surface area contributed by atoms with Crippen LogP contribution in [-0.4, -0.2) is 61.4 Å². The van der Waals surface area contributed by atoms with E-state index >= 15 is 0 Å². The first kappa shape index (κ1) is 19.2. The Hall–Kier alpha value is -1.14. The standard InChI is InChI=1S/C18H31NO5/c1-3-19(15-8-5-4-6-9-15)17(20)13-24-18(21)14(2)23-12-16-10-7-11-22-16/h14-16H,3-13H2,1-2H3. The molecule has 6 heteroatoms. The zero-order valence-corrected chi connectivity index (χ0v) is 15.0. The number of nitrogens with zero attached hydrogens (tertiary/aromatic N) is 1. The molecule has 2 aliphatic rings. The molecule has 1 aliphatic heterocycles. The van der Waals surface area contributed by atoms with Crippen LogP contribution in [0.3, 0.4) is 0 Å². The number of likely N-dealkylation sites (N-methyl/N-ethyl adjacent to an activating group) is 1. The Morgan fingerprint density at radius 2 is 1.92 bits per heavy atom. The third-order valence-electron chi connectivity index (χ3n) is 4.90. The summed E-state index contributed by atoms with van der Waals surface area (Å²) in [7, 11) is 0. The number of hydrogen-bond acceptors (Lipinski definition) is 5. The van der Waals surface area contributed by atoms with E-state index in [1.807, 2.05) is 11.8 Å². The maximum atomic E-state index is 12.4. The first-order valence-electron chi connectivity index (χ1n) is 9.31. The summed E-state index contributed by atoms with van der Waals surface area (Å²) in [6.07, 6.45) is 7.09. The monoisotopic (exact) mass is 341 g/mol. The Bertz CT molecular complexity index is 402. The number of amides is 1. The Morgan fingerprint density at radius 1 is 1.17 bits per heavy atom. The van der Waals surface area contributed by atoms with E-state index in [1.165, 1.54) is 19.3 Å². The molecule has 2 rings (SSSR count). The van der Waals surface area contributed by atoms with Gasteiger partial charge in [-0.1, -0.05) is 19.3 Å². The highest BCUT2D eigenvalue weighted by atomic mass is 16.6. The Labute approximate surface area is 144 Å². The molecule has 1 amide bonds. The van der Waals surface area contributed by atoms with Gasteiger partial charge in [0.25, 0.3) is 5.91 Å². The number of carbonyl (C=O) groups excluding carboxylic acids is 2. The first-order valence-corrected chi connectivity index (χ1v) is 9.31. The van der Waals surface area contributed by atoms with Crippen molar-refractivity contribution in [3.63, 3.8) is 0 Å². The number of hydrogen-bond donors (Lipinski definition) is 0. The fourth-order valence-corrected chi connectivity index (χ4v) is 3.46. The average molecular weight is 341 g/mol. The van der Waals surface area contributed by atoms with Gasteiger partial charge in [-0.05, 0) is 39.5 Å². The molecule has 1 aliphatic carbocycles. The molecule has 1 heterocycles. The number of carbonyl (C=O) groups is 2. The summed E-state index contributed by atoms with van der Waals surface area (Å²) in [6.45, 7) is 5.24. The molecule has 0 radical (unpaired) electrons. The molecule has 2 fully saturated rings. The van der Waals surface area contributed by atoms with Crippen LogP contribution in [0.5, 0.6) is 0 Å². The largest absolute Gasteiger partial charge is 0.454 e. The molecule has 1 saturated heterocycles. The highest BCUT2D eigenvalue weighted by Gasteiger charge is 2.26. The summed E-state index contributed by atoms with van der Waals surface area (Å²) in [4.78, 5) is 26.2. The highest BCUT2D eigenvalue weighted by molar-refractivity contribution is 5.82. The van der Waals surface area contributed by atoms with Crippen LogP contribution in [0, 0.1) is 0 Å². The summed E-state index contributed by atoms with van der Waals surface area (Å²) in [5.74, 6) is -0.592. The van der Waals surface area contributed by atoms with Crippen molar-refractivity contribution in [3.05, 3.63) is 0 Å². The van der Waals surface area contributed by atoms with Crippen molar-refractivity contribution in [2.45, 2.75) is 77.0 Å². The van der Waals surface area contributed by atoms with Gasteiger partial charge in [-0.25, -0.2) is 4.79 Å². The summed E-state index contributed by atoms with van der Waals surface area (Å²) in [6, 6.07) is 0.295. The maximum Gasteiger partial charge on any atom is 0.335 e. The first-order chi connectivity index (χ1) is 11.6. The fourth-order valence-electron chi connectivity index (χ4n) is 3.46.